The summed E-state index contributed by atoms with van der Waals surface area (Å²) in [4.78, 5) is 1.89. The lowest BCUT2D eigenvalue weighted by molar-refractivity contribution is 0.670. The fourth-order valence-electron chi connectivity index (χ4n) is 7.81. The van der Waals surface area contributed by atoms with E-state index in [1.54, 1.807) is 0 Å². The molecule has 0 saturated heterocycles. The lowest BCUT2D eigenvalue weighted by atomic mass is 9.99. The van der Waals surface area contributed by atoms with Gasteiger partial charge in [0.15, 0.2) is 0 Å². The molecule has 0 radical (unpaired) electrons. The van der Waals surface area contributed by atoms with Crippen molar-refractivity contribution in [2.24, 2.45) is 0 Å². The van der Waals surface area contributed by atoms with E-state index in [9.17, 15) is 5.48 Å². The summed E-state index contributed by atoms with van der Waals surface area (Å²) in [5, 5.41) is 7.85. The average molecular weight is 682 g/mol. The highest BCUT2D eigenvalue weighted by atomic mass is 16.3. The van der Waals surface area contributed by atoms with Gasteiger partial charge in [-0.05, 0) is 87.4 Å². The van der Waals surface area contributed by atoms with E-state index in [1.165, 1.54) is 5.39 Å². The van der Waals surface area contributed by atoms with E-state index in [0.717, 1.165) is 54.4 Å². The molecule has 0 aliphatic heterocycles. The first-order chi connectivity index (χ1) is 27.9. The highest BCUT2D eigenvalue weighted by Crippen LogP contribution is 2.46. The van der Waals surface area contributed by atoms with Crippen molar-refractivity contribution < 1.29 is 14.3 Å². The topological polar surface area (TPSA) is 29.5 Å². The van der Waals surface area contributed by atoms with Gasteiger partial charge in [-0.2, -0.15) is 0 Å². The SMILES string of the molecule is [2H]c1c([2H])c(-c2cccc3c2oc2ccccc23)c([2H])c(N(c2ccc(-c3ccc4ccccc4c3)cc2)c2cccc3oc4c5ccccc5ccc4c23)c1[2H]. The number of furan rings is 2. The Kier molecular flexibility index (Phi) is 5.71. The molecule has 0 fully saturated rings. The summed E-state index contributed by atoms with van der Waals surface area (Å²) in [6.45, 7) is 0. The molecule has 53 heavy (non-hydrogen) atoms. The van der Waals surface area contributed by atoms with E-state index in [2.05, 4.69) is 66.7 Å². The summed E-state index contributed by atoms with van der Waals surface area (Å²) >= 11 is 0. The summed E-state index contributed by atoms with van der Waals surface area (Å²) in [6, 6.07) is 53.6. The quantitative estimate of drug-likeness (QED) is 0.181. The van der Waals surface area contributed by atoms with Gasteiger partial charge in [0, 0.05) is 38.5 Å². The van der Waals surface area contributed by atoms with E-state index < -0.39 is 0 Å². The molecule has 3 nitrogen and oxygen atoms in total. The van der Waals surface area contributed by atoms with Gasteiger partial charge in [0.1, 0.15) is 22.3 Å². The Morgan fingerprint density at radius 2 is 1.13 bits per heavy atom. The third-order valence-corrected chi connectivity index (χ3v) is 10.3. The number of nitrogens with zero attached hydrogens (tertiary/aromatic N) is 1. The van der Waals surface area contributed by atoms with Crippen molar-refractivity contribution in [3.05, 3.63) is 188 Å². The van der Waals surface area contributed by atoms with Crippen LogP contribution in [0.15, 0.2) is 197 Å². The standard InChI is InChI=1S/C50H31NO2/c1-2-12-35-30-36(23-22-32(35)10-1)33-24-27-38(28-25-33)51(45-19-9-21-47-48(45)44-29-26-34-11-3-4-15-40(34)50(44)53-47)39-14-7-13-37(31-39)41-17-8-18-43-42-16-5-6-20-46(42)52-49(41)43/h1-31H/i7D,13D,14D,31D. The van der Waals surface area contributed by atoms with E-state index in [4.69, 9.17) is 8.83 Å². The Balaban J connectivity index is 1.19. The second-order valence-electron chi connectivity index (χ2n) is 13.4. The Bertz CT molecular complexity index is 3420. The summed E-state index contributed by atoms with van der Waals surface area (Å²) in [7, 11) is 0. The summed E-state index contributed by atoms with van der Waals surface area (Å²) < 4.78 is 51.0. The fourth-order valence-corrected chi connectivity index (χ4v) is 7.81. The number of hydrogen-bond donors (Lipinski definition) is 0. The molecule has 9 aromatic carbocycles. The average Bonchev–Trinajstić information content (AvgIpc) is 3.84. The van der Waals surface area contributed by atoms with Crippen LogP contribution in [0.4, 0.5) is 17.1 Å². The minimum absolute atomic E-state index is 0.0529. The van der Waals surface area contributed by atoms with Gasteiger partial charge in [0.05, 0.1) is 16.6 Å². The smallest absolute Gasteiger partial charge is 0.143 e. The number of anilines is 3. The number of rotatable bonds is 5. The summed E-state index contributed by atoms with van der Waals surface area (Å²) in [5.74, 6) is 0. The van der Waals surface area contributed by atoms with Gasteiger partial charge in [-0.25, -0.2) is 0 Å². The highest BCUT2D eigenvalue weighted by Gasteiger charge is 2.21. The van der Waals surface area contributed by atoms with Crippen LogP contribution in [-0.2, 0) is 0 Å². The fraction of sp³-hybridized carbons (Fsp3) is 0. The van der Waals surface area contributed by atoms with Crippen LogP contribution in [0.2, 0.25) is 0 Å². The lowest BCUT2D eigenvalue weighted by Gasteiger charge is -2.27. The van der Waals surface area contributed by atoms with Crippen LogP contribution in [0.25, 0.3) is 87.7 Å². The van der Waals surface area contributed by atoms with Crippen molar-refractivity contribution in [3.63, 3.8) is 0 Å². The van der Waals surface area contributed by atoms with Crippen LogP contribution in [-0.4, -0.2) is 0 Å². The maximum absolute atomic E-state index is 9.97. The van der Waals surface area contributed by atoms with Crippen molar-refractivity contribution >= 4 is 82.5 Å². The molecule has 11 aromatic rings. The van der Waals surface area contributed by atoms with Gasteiger partial charge in [-0.3, -0.25) is 0 Å². The molecular formula is C50H31NO2. The molecule has 0 bridgehead atoms. The zero-order chi connectivity index (χ0) is 38.4. The first-order valence-electron chi connectivity index (χ1n) is 19.7. The predicted octanol–water partition coefficient (Wildman–Crippen LogP) is 14.6. The van der Waals surface area contributed by atoms with Crippen LogP contribution >= 0.6 is 0 Å². The Morgan fingerprint density at radius 3 is 2.04 bits per heavy atom. The molecule has 0 saturated carbocycles. The largest absolute Gasteiger partial charge is 0.455 e. The molecule has 0 atom stereocenters. The van der Waals surface area contributed by atoms with Crippen LogP contribution in [0, 0.1) is 0 Å². The first kappa shape index (κ1) is 25.8. The third kappa shape index (κ3) is 4.75. The number of hydrogen-bond acceptors (Lipinski definition) is 3. The van der Waals surface area contributed by atoms with Gasteiger partial charge in [0.2, 0.25) is 0 Å². The van der Waals surface area contributed by atoms with Gasteiger partial charge in [-0.15, -0.1) is 0 Å². The Morgan fingerprint density at radius 1 is 0.434 bits per heavy atom. The van der Waals surface area contributed by atoms with Crippen molar-refractivity contribution in [1.29, 1.82) is 0 Å². The van der Waals surface area contributed by atoms with Crippen LogP contribution in [0.5, 0.6) is 0 Å². The molecule has 11 rings (SSSR count). The zero-order valence-electron chi connectivity index (χ0n) is 32.4. The third-order valence-electron chi connectivity index (χ3n) is 10.3. The molecule has 2 aromatic heterocycles. The maximum atomic E-state index is 9.97. The van der Waals surface area contributed by atoms with Gasteiger partial charge in [-0.1, -0.05) is 133 Å². The molecule has 0 spiro atoms. The molecule has 3 heteroatoms. The molecule has 2 heterocycles. The van der Waals surface area contributed by atoms with Crippen molar-refractivity contribution in [2.75, 3.05) is 4.90 Å². The molecule has 0 N–H and O–H groups in total. The second-order valence-corrected chi connectivity index (χ2v) is 13.4. The Hall–Kier alpha value is -7.10. The van der Waals surface area contributed by atoms with Crippen LogP contribution in [0.1, 0.15) is 5.48 Å². The number of fused-ring (bicyclic) bond motifs is 9. The highest BCUT2D eigenvalue weighted by molar-refractivity contribution is 6.19. The number of para-hydroxylation sites is 2. The van der Waals surface area contributed by atoms with Crippen molar-refractivity contribution in [2.45, 2.75) is 0 Å². The zero-order valence-corrected chi connectivity index (χ0v) is 28.4. The van der Waals surface area contributed by atoms with E-state index >= 15 is 0 Å². The summed E-state index contributed by atoms with van der Waals surface area (Å²) in [6.07, 6.45) is 0. The van der Waals surface area contributed by atoms with E-state index in [0.29, 0.717) is 33.7 Å². The second kappa shape index (κ2) is 11.7. The van der Waals surface area contributed by atoms with Crippen LogP contribution < -0.4 is 4.90 Å². The predicted molar refractivity (Wildman–Crippen MR) is 222 cm³/mol. The maximum Gasteiger partial charge on any atom is 0.143 e. The van der Waals surface area contributed by atoms with E-state index in [1.807, 2.05) is 102 Å². The monoisotopic (exact) mass is 681 g/mol. The van der Waals surface area contributed by atoms with Gasteiger partial charge < -0.3 is 13.7 Å². The summed E-state index contributed by atoms with van der Waals surface area (Å²) in [5.41, 5.74) is 7.02. The van der Waals surface area contributed by atoms with Crippen LogP contribution in [0.3, 0.4) is 0 Å². The van der Waals surface area contributed by atoms with Crippen molar-refractivity contribution in [1.82, 2.24) is 0 Å². The Labute approximate surface area is 311 Å². The molecule has 0 unspecified atom stereocenters. The molecule has 248 valence electrons. The van der Waals surface area contributed by atoms with Gasteiger partial charge >= 0.3 is 0 Å². The lowest BCUT2D eigenvalue weighted by Crippen LogP contribution is -2.10. The van der Waals surface area contributed by atoms with Gasteiger partial charge in [0.25, 0.3) is 0 Å². The van der Waals surface area contributed by atoms with E-state index in [-0.39, 0.29) is 35.4 Å². The molecular weight excluding hydrogens is 647 g/mol. The van der Waals surface area contributed by atoms with Crippen molar-refractivity contribution in [3.8, 4) is 22.3 Å². The normalized spacial score (nSPS) is 12.8. The molecule has 0 aliphatic rings. The molecule has 0 aliphatic carbocycles. The molecule has 0 amide bonds. The minimum Gasteiger partial charge on any atom is -0.455 e. The minimum atomic E-state index is -0.280. The number of benzene rings is 9. The first-order valence-corrected chi connectivity index (χ1v) is 17.7.